The number of alkyl halides is 3. The molecule has 3 aromatic rings. The Labute approximate surface area is 198 Å². The monoisotopic (exact) mass is 492 g/mol. The fraction of sp³-hybridized carbons (Fsp3) is 0.261. The maximum atomic E-state index is 12.7. The number of aromatic nitrogens is 2. The SMILES string of the molecule is COC(=O)c1ccc(OC)c(Nc2cc(-c3cccc(OC(F)(F)F)c3)nc(N[C@@H](C)CO)n2)c1. The minimum absolute atomic E-state index is 0.108. The largest absolute Gasteiger partial charge is 0.573 e. The van der Waals surface area contributed by atoms with Crippen LogP contribution in [0.3, 0.4) is 0 Å². The van der Waals surface area contributed by atoms with Gasteiger partial charge in [0.2, 0.25) is 5.95 Å². The van der Waals surface area contributed by atoms with E-state index >= 15 is 0 Å². The van der Waals surface area contributed by atoms with Crippen LogP contribution < -0.4 is 20.1 Å². The van der Waals surface area contributed by atoms with Crippen LogP contribution in [0.4, 0.5) is 30.6 Å². The van der Waals surface area contributed by atoms with Crippen molar-refractivity contribution in [3.05, 3.63) is 54.1 Å². The Kier molecular flexibility index (Phi) is 7.97. The van der Waals surface area contributed by atoms with Crippen LogP contribution in [0, 0.1) is 0 Å². The van der Waals surface area contributed by atoms with E-state index in [9.17, 15) is 23.1 Å². The maximum Gasteiger partial charge on any atom is 0.573 e. The number of nitrogens with zero attached hydrogens (tertiary/aromatic N) is 2. The Balaban J connectivity index is 2.05. The van der Waals surface area contributed by atoms with Crippen LogP contribution >= 0.6 is 0 Å². The Morgan fingerprint density at radius 3 is 2.54 bits per heavy atom. The number of ether oxygens (including phenoxy) is 3. The lowest BCUT2D eigenvalue weighted by Gasteiger charge is -2.16. The fourth-order valence-electron chi connectivity index (χ4n) is 3.03. The van der Waals surface area contributed by atoms with Gasteiger partial charge in [0, 0.05) is 17.7 Å². The van der Waals surface area contributed by atoms with Crippen LogP contribution in [-0.4, -0.2) is 54.3 Å². The average molecular weight is 492 g/mol. The number of anilines is 3. The maximum absolute atomic E-state index is 12.7. The number of aliphatic hydroxyl groups excluding tert-OH is 1. The number of methoxy groups -OCH3 is 2. The van der Waals surface area contributed by atoms with Crippen molar-refractivity contribution in [2.75, 3.05) is 31.5 Å². The van der Waals surface area contributed by atoms with Crippen LogP contribution in [0.1, 0.15) is 17.3 Å². The molecule has 12 heteroatoms. The number of benzene rings is 2. The normalized spacial score (nSPS) is 12.0. The third kappa shape index (κ3) is 6.96. The molecular weight excluding hydrogens is 469 g/mol. The number of hydrogen-bond donors (Lipinski definition) is 3. The highest BCUT2D eigenvalue weighted by molar-refractivity contribution is 5.91. The van der Waals surface area contributed by atoms with E-state index in [1.807, 2.05) is 0 Å². The van der Waals surface area contributed by atoms with Gasteiger partial charge in [0.1, 0.15) is 17.3 Å². The third-order valence-electron chi connectivity index (χ3n) is 4.62. The molecule has 0 bridgehead atoms. The lowest BCUT2D eigenvalue weighted by molar-refractivity contribution is -0.274. The molecule has 0 spiro atoms. The smallest absolute Gasteiger partial charge is 0.495 e. The van der Waals surface area contributed by atoms with Gasteiger partial charge in [-0.1, -0.05) is 12.1 Å². The molecule has 0 aliphatic carbocycles. The van der Waals surface area contributed by atoms with Gasteiger partial charge in [-0.15, -0.1) is 13.2 Å². The average Bonchev–Trinajstić information content (AvgIpc) is 2.82. The van der Waals surface area contributed by atoms with E-state index in [0.29, 0.717) is 17.0 Å². The first-order valence-corrected chi connectivity index (χ1v) is 10.3. The molecule has 0 saturated carbocycles. The molecule has 1 aromatic heterocycles. The number of nitrogens with one attached hydrogen (secondary N) is 2. The zero-order chi connectivity index (χ0) is 25.6. The van der Waals surface area contributed by atoms with Gasteiger partial charge in [0.25, 0.3) is 0 Å². The summed E-state index contributed by atoms with van der Waals surface area (Å²) in [5, 5.41) is 15.3. The van der Waals surface area contributed by atoms with Gasteiger partial charge < -0.3 is 30.0 Å². The van der Waals surface area contributed by atoms with E-state index in [-0.39, 0.29) is 29.6 Å². The molecule has 35 heavy (non-hydrogen) atoms. The summed E-state index contributed by atoms with van der Waals surface area (Å²) in [6, 6.07) is 11.0. The molecule has 3 rings (SSSR count). The molecule has 3 N–H and O–H groups in total. The molecule has 1 atom stereocenters. The molecule has 0 radical (unpaired) electrons. The van der Waals surface area contributed by atoms with Gasteiger partial charge in [0.05, 0.1) is 37.8 Å². The highest BCUT2D eigenvalue weighted by Crippen LogP contribution is 2.32. The summed E-state index contributed by atoms with van der Waals surface area (Å²) >= 11 is 0. The van der Waals surface area contributed by atoms with E-state index in [1.54, 1.807) is 19.1 Å². The standard InChI is InChI=1S/C23H23F3N4O5/c1-13(12-31)27-22-29-17(14-5-4-6-16(9-14)35-23(24,25)26)11-20(30-22)28-18-10-15(21(32)34-3)7-8-19(18)33-2/h4-11,13,31H,12H2,1-3H3,(H2,27,28,29,30)/t13-/m0/s1. The first kappa shape index (κ1) is 25.6. The van der Waals surface area contributed by atoms with E-state index in [2.05, 4.69) is 25.3 Å². The van der Waals surface area contributed by atoms with Crippen LogP contribution in [0.2, 0.25) is 0 Å². The summed E-state index contributed by atoms with van der Waals surface area (Å²) in [7, 11) is 2.71. The summed E-state index contributed by atoms with van der Waals surface area (Å²) in [5.74, 6) is -0.216. The van der Waals surface area contributed by atoms with Gasteiger partial charge in [-0.2, -0.15) is 4.98 Å². The Morgan fingerprint density at radius 1 is 1.11 bits per heavy atom. The molecule has 1 heterocycles. The summed E-state index contributed by atoms with van der Waals surface area (Å²) in [4.78, 5) is 20.7. The molecule has 0 amide bonds. The lowest BCUT2D eigenvalue weighted by atomic mass is 10.1. The van der Waals surface area contributed by atoms with Crippen molar-refractivity contribution in [2.24, 2.45) is 0 Å². The van der Waals surface area contributed by atoms with Crippen molar-refractivity contribution in [1.82, 2.24) is 9.97 Å². The number of carbonyl (C=O) groups is 1. The van der Waals surface area contributed by atoms with E-state index < -0.39 is 24.1 Å². The minimum Gasteiger partial charge on any atom is -0.495 e. The quantitative estimate of drug-likeness (QED) is 0.375. The van der Waals surface area contributed by atoms with Gasteiger partial charge >= 0.3 is 12.3 Å². The summed E-state index contributed by atoms with van der Waals surface area (Å²) < 4.78 is 52.1. The predicted octanol–water partition coefficient (Wildman–Crippen LogP) is 4.37. The van der Waals surface area contributed by atoms with Crippen molar-refractivity contribution >= 4 is 23.4 Å². The Bertz CT molecular complexity index is 1190. The van der Waals surface area contributed by atoms with E-state index in [4.69, 9.17) is 9.47 Å². The summed E-state index contributed by atoms with van der Waals surface area (Å²) in [6.07, 6.45) is -4.85. The van der Waals surface area contributed by atoms with Crippen molar-refractivity contribution < 1.29 is 37.3 Å². The Morgan fingerprint density at radius 2 is 1.89 bits per heavy atom. The molecule has 186 valence electrons. The van der Waals surface area contributed by atoms with E-state index in [0.717, 1.165) is 0 Å². The molecule has 0 aliphatic rings. The first-order chi connectivity index (χ1) is 16.6. The van der Waals surface area contributed by atoms with Gasteiger partial charge in [-0.25, -0.2) is 9.78 Å². The number of aliphatic hydroxyl groups is 1. The number of esters is 1. The fourth-order valence-corrected chi connectivity index (χ4v) is 3.03. The number of halogens is 3. The van der Waals surface area contributed by atoms with Crippen molar-refractivity contribution in [3.63, 3.8) is 0 Å². The first-order valence-electron chi connectivity index (χ1n) is 10.3. The van der Waals surface area contributed by atoms with Crippen molar-refractivity contribution in [2.45, 2.75) is 19.3 Å². The minimum atomic E-state index is -4.85. The molecule has 0 unspecified atom stereocenters. The predicted molar refractivity (Wildman–Crippen MR) is 122 cm³/mol. The molecule has 0 fully saturated rings. The molecule has 0 saturated heterocycles. The van der Waals surface area contributed by atoms with Crippen LogP contribution in [-0.2, 0) is 4.74 Å². The second-order valence-corrected chi connectivity index (χ2v) is 7.30. The number of hydrogen-bond acceptors (Lipinski definition) is 9. The Hall–Kier alpha value is -4.06. The number of rotatable bonds is 9. The highest BCUT2D eigenvalue weighted by atomic mass is 19.4. The summed E-state index contributed by atoms with van der Waals surface area (Å²) in [6.45, 7) is 1.49. The molecular formula is C23H23F3N4O5. The van der Waals surface area contributed by atoms with Crippen LogP contribution in [0.25, 0.3) is 11.3 Å². The topological polar surface area (TPSA) is 115 Å². The second-order valence-electron chi connectivity index (χ2n) is 7.30. The van der Waals surface area contributed by atoms with Gasteiger partial charge in [-0.05, 0) is 37.3 Å². The third-order valence-corrected chi connectivity index (χ3v) is 4.62. The number of carbonyl (C=O) groups excluding carboxylic acids is 1. The van der Waals surface area contributed by atoms with Crippen LogP contribution in [0.5, 0.6) is 11.5 Å². The van der Waals surface area contributed by atoms with Crippen molar-refractivity contribution in [3.8, 4) is 22.8 Å². The van der Waals surface area contributed by atoms with E-state index in [1.165, 1.54) is 50.6 Å². The van der Waals surface area contributed by atoms with Crippen molar-refractivity contribution in [1.29, 1.82) is 0 Å². The molecule has 2 aromatic carbocycles. The van der Waals surface area contributed by atoms with Crippen LogP contribution in [0.15, 0.2) is 48.5 Å². The zero-order valence-corrected chi connectivity index (χ0v) is 19.0. The van der Waals surface area contributed by atoms with Gasteiger partial charge in [0.15, 0.2) is 0 Å². The highest BCUT2D eigenvalue weighted by Gasteiger charge is 2.31. The lowest BCUT2D eigenvalue weighted by Crippen LogP contribution is -2.21. The molecule has 0 aliphatic heterocycles. The van der Waals surface area contributed by atoms with Gasteiger partial charge in [-0.3, -0.25) is 0 Å². The second kappa shape index (κ2) is 10.9. The molecule has 9 nitrogen and oxygen atoms in total. The zero-order valence-electron chi connectivity index (χ0n) is 19.0. The summed E-state index contributed by atoms with van der Waals surface area (Å²) in [5.41, 5.74) is 1.24.